The van der Waals surface area contributed by atoms with Gasteiger partial charge >= 0.3 is 0 Å². The Bertz CT molecular complexity index is 354. The number of rotatable bonds is 2. The Morgan fingerprint density at radius 2 is 2.31 bits per heavy atom. The monoisotopic (exact) mass is 222 g/mol. The van der Waals surface area contributed by atoms with Gasteiger partial charge in [0.25, 0.3) is 0 Å². The second-order valence-electron chi connectivity index (χ2n) is 4.58. The Morgan fingerprint density at radius 1 is 1.50 bits per heavy atom. The van der Waals surface area contributed by atoms with Gasteiger partial charge in [-0.1, -0.05) is 12.1 Å². The molecule has 3 heteroatoms. The topological polar surface area (TPSA) is 15.3 Å². The van der Waals surface area contributed by atoms with Gasteiger partial charge in [-0.2, -0.15) is 0 Å². The van der Waals surface area contributed by atoms with Crippen molar-refractivity contribution in [1.82, 2.24) is 10.2 Å². The van der Waals surface area contributed by atoms with Gasteiger partial charge < -0.3 is 5.32 Å². The average Bonchev–Trinajstić information content (AvgIpc) is 2.28. The Kier molecular flexibility index (Phi) is 3.56. The summed E-state index contributed by atoms with van der Waals surface area (Å²) in [7, 11) is 0. The van der Waals surface area contributed by atoms with E-state index in [1.807, 2.05) is 6.07 Å². The van der Waals surface area contributed by atoms with Gasteiger partial charge in [0.1, 0.15) is 5.82 Å². The van der Waals surface area contributed by atoms with Gasteiger partial charge in [-0.05, 0) is 31.5 Å². The molecule has 1 aromatic rings. The zero-order valence-corrected chi connectivity index (χ0v) is 9.91. The van der Waals surface area contributed by atoms with E-state index in [0.29, 0.717) is 12.1 Å². The van der Waals surface area contributed by atoms with Crippen LogP contribution in [0.15, 0.2) is 24.3 Å². The lowest BCUT2D eigenvalue weighted by Gasteiger charge is -2.36. The van der Waals surface area contributed by atoms with Gasteiger partial charge in [-0.3, -0.25) is 4.90 Å². The molecule has 1 N–H and O–H groups in total. The van der Waals surface area contributed by atoms with Crippen LogP contribution in [0.25, 0.3) is 0 Å². The van der Waals surface area contributed by atoms with Crippen LogP contribution in [0.4, 0.5) is 4.39 Å². The summed E-state index contributed by atoms with van der Waals surface area (Å²) in [6.07, 6.45) is 0. The Balaban J connectivity index is 2.09. The number of nitrogens with one attached hydrogen (secondary N) is 1. The van der Waals surface area contributed by atoms with Crippen LogP contribution in [0.1, 0.15) is 25.5 Å². The van der Waals surface area contributed by atoms with Crippen molar-refractivity contribution in [3.8, 4) is 0 Å². The first kappa shape index (κ1) is 11.6. The van der Waals surface area contributed by atoms with Gasteiger partial charge in [0.05, 0.1) is 0 Å². The molecule has 0 aromatic heterocycles. The number of halogens is 1. The molecule has 0 bridgehead atoms. The molecule has 0 radical (unpaired) electrons. The minimum atomic E-state index is -0.146. The van der Waals surface area contributed by atoms with Crippen LogP contribution in [0.3, 0.4) is 0 Å². The molecule has 1 saturated heterocycles. The highest BCUT2D eigenvalue weighted by Gasteiger charge is 2.21. The molecule has 2 rings (SSSR count). The van der Waals surface area contributed by atoms with Crippen molar-refractivity contribution in [3.05, 3.63) is 35.6 Å². The largest absolute Gasteiger partial charge is 0.312 e. The standard InChI is InChI=1S/C13H19FN2/c1-10-9-16(7-6-15-10)11(2)12-4-3-5-13(14)8-12/h3-5,8,10-11,15H,6-7,9H2,1-2H3. The van der Waals surface area contributed by atoms with Crippen molar-refractivity contribution in [2.45, 2.75) is 25.9 Å². The van der Waals surface area contributed by atoms with Gasteiger partial charge in [-0.25, -0.2) is 4.39 Å². The summed E-state index contributed by atoms with van der Waals surface area (Å²) in [4.78, 5) is 2.40. The fourth-order valence-electron chi connectivity index (χ4n) is 2.29. The predicted molar refractivity (Wildman–Crippen MR) is 63.9 cm³/mol. The Labute approximate surface area is 96.5 Å². The van der Waals surface area contributed by atoms with E-state index in [9.17, 15) is 4.39 Å². The summed E-state index contributed by atoms with van der Waals surface area (Å²) in [5, 5.41) is 3.41. The number of hydrogen-bond donors (Lipinski definition) is 1. The highest BCUT2D eigenvalue weighted by atomic mass is 19.1. The lowest BCUT2D eigenvalue weighted by Crippen LogP contribution is -2.49. The molecule has 1 aromatic carbocycles. The van der Waals surface area contributed by atoms with E-state index in [1.165, 1.54) is 6.07 Å². The molecule has 1 aliphatic rings. The molecule has 0 saturated carbocycles. The summed E-state index contributed by atoms with van der Waals surface area (Å²) in [6, 6.07) is 7.73. The van der Waals surface area contributed by atoms with Crippen molar-refractivity contribution < 1.29 is 4.39 Å². The molecular formula is C13H19FN2. The van der Waals surface area contributed by atoms with E-state index in [0.717, 1.165) is 25.2 Å². The van der Waals surface area contributed by atoms with E-state index in [2.05, 4.69) is 24.1 Å². The van der Waals surface area contributed by atoms with Crippen LogP contribution in [-0.4, -0.2) is 30.6 Å². The number of hydrogen-bond acceptors (Lipinski definition) is 2. The SMILES string of the molecule is CC1CN(C(C)c2cccc(F)c2)CCN1. The van der Waals surface area contributed by atoms with Crippen LogP contribution in [-0.2, 0) is 0 Å². The maximum atomic E-state index is 13.1. The van der Waals surface area contributed by atoms with E-state index in [4.69, 9.17) is 0 Å². The fraction of sp³-hybridized carbons (Fsp3) is 0.538. The number of nitrogens with zero attached hydrogens (tertiary/aromatic N) is 1. The van der Waals surface area contributed by atoms with Crippen LogP contribution in [0.2, 0.25) is 0 Å². The van der Waals surface area contributed by atoms with Crippen molar-refractivity contribution in [2.75, 3.05) is 19.6 Å². The molecule has 2 atom stereocenters. The normalized spacial score (nSPS) is 24.3. The minimum Gasteiger partial charge on any atom is -0.312 e. The Hall–Kier alpha value is -0.930. The third-order valence-corrected chi connectivity index (χ3v) is 3.28. The lowest BCUT2D eigenvalue weighted by atomic mass is 10.1. The van der Waals surface area contributed by atoms with Crippen LogP contribution in [0, 0.1) is 5.82 Å². The molecule has 16 heavy (non-hydrogen) atoms. The molecule has 2 unspecified atom stereocenters. The highest BCUT2D eigenvalue weighted by molar-refractivity contribution is 5.19. The zero-order valence-electron chi connectivity index (χ0n) is 9.91. The first-order valence-electron chi connectivity index (χ1n) is 5.89. The lowest BCUT2D eigenvalue weighted by molar-refractivity contribution is 0.158. The summed E-state index contributed by atoms with van der Waals surface area (Å²) in [5.41, 5.74) is 1.06. The summed E-state index contributed by atoms with van der Waals surface area (Å²) < 4.78 is 13.1. The van der Waals surface area contributed by atoms with E-state index in [1.54, 1.807) is 12.1 Å². The molecule has 1 fully saturated rings. The van der Waals surface area contributed by atoms with E-state index < -0.39 is 0 Å². The summed E-state index contributed by atoms with van der Waals surface area (Å²) in [6.45, 7) is 7.40. The smallest absolute Gasteiger partial charge is 0.123 e. The summed E-state index contributed by atoms with van der Waals surface area (Å²) >= 11 is 0. The summed E-state index contributed by atoms with van der Waals surface area (Å²) in [5.74, 6) is -0.146. The van der Waals surface area contributed by atoms with Gasteiger partial charge in [0.2, 0.25) is 0 Å². The Morgan fingerprint density at radius 3 is 3.00 bits per heavy atom. The maximum Gasteiger partial charge on any atom is 0.123 e. The zero-order chi connectivity index (χ0) is 11.5. The molecular weight excluding hydrogens is 203 g/mol. The quantitative estimate of drug-likeness (QED) is 0.825. The first-order valence-corrected chi connectivity index (χ1v) is 5.89. The van der Waals surface area contributed by atoms with Gasteiger partial charge in [0, 0.05) is 31.7 Å². The number of benzene rings is 1. The predicted octanol–water partition coefficient (Wildman–Crippen LogP) is 2.18. The van der Waals surface area contributed by atoms with E-state index >= 15 is 0 Å². The van der Waals surface area contributed by atoms with Crippen molar-refractivity contribution in [2.24, 2.45) is 0 Å². The number of piperazine rings is 1. The molecule has 88 valence electrons. The van der Waals surface area contributed by atoms with Crippen LogP contribution in [0.5, 0.6) is 0 Å². The molecule has 1 heterocycles. The molecule has 0 amide bonds. The van der Waals surface area contributed by atoms with E-state index in [-0.39, 0.29) is 5.82 Å². The van der Waals surface area contributed by atoms with Gasteiger partial charge in [-0.15, -0.1) is 0 Å². The van der Waals surface area contributed by atoms with Crippen molar-refractivity contribution in [1.29, 1.82) is 0 Å². The van der Waals surface area contributed by atoms with Crippen molar-refractivity contribution >= 4 is 0 Å². The maximum absolute atomic E-state index is 13.1. The van der Waals surface area contributed by atoms with Gasteiger partial charge in [0.15, 0.2) is 0 Å². The fourth-order valence-corrected chi connectivity index (χ4v) is 2.29. The highest BCUT2D eigenvalue weighted by Crippen LogP contribution is 2.21. The molecule has 0 aliphatic carbocycles. The molecule has 1 aliphatic heterocycles. The van der Waals surface area contributed by atoms with Crippen molar-refractivity contribution in [3.63, 3.8) is 0 Å². The minimum absolute atomic E-state index is 0.146. The second-order valence-corrected chi connectivity index (χ2v) is 4.58. The second kappa shape index (κ2) is 4.93. The van der Waals surface area contributed by atoms with Crippen LogP contribution >= 0.6 is 0 Å². The molecule has 2 nitrogen and oxygen atoms in total. The average molecular weight is 222 g/mol. The molecule has 0 spiro atoms. The van der Waals surface area contributed by atoms with Crippen LogP contribution < -0.4 is 5.32 Å². The third-order valence-electron chi connectivity index (χ3n) is 3.28. The first-order chi connectivity index (χ1) is 7.66. The third kappa shape index (κ3) is 2.60.